The normalized spacial score (nSPS) is 14.5. The van der Waals surface area contributed by atoms with Crippen molar-refractivity contribution in [3.8, 4) is 0 Å². The number of rotatable bonds is 9. The summed E-state index contributed by atoms with van der Waals surface area (Å²) in [5.74, 6) is -0.924. The fourth-order valence-electron chi connectivity index (χ4n) is 2.81. The second-order valence-electron chi connectivity index (χ2n) is 4.95. The minimum Gasteiger partial charge on any atom is -0.465 e. The molecule has 0 saturated carbocycles. The van der Waals surface area contributed by atoms with Crippen LogP contribution in [0, 0.1) is 5.41 Å². The number of carbonyl (C=O) groups is 2. The number of esters is 2. The van der Waals surface area contributed by atoms with Crippen LogP contribution in [0.3, 0.4) is 0 Å². The lowest BCUT2D eigenvalue weighted by molar-refractivity contribution is -0.173. The molecule has 5 nitrogen and oxygen atoms in total. The monoisotopic (exact) mass is 287 g/mol. The van der Waals surface area contributed by atoms with Crippen molar-refractivity contribution in [3.05, 3.63) is 0 Å². The van der Waals surface area contributed by atoms with E-state index < -0.39 is 22.9 Å². The first kappa shape index (κ1) is 18.9. The summed E-state index contributed by atoms with van der Waals surface area (Å²) in [6.07, 6.45) is 1.97. The summed E-state index contributed by atoms with van der Waals surface area (Å²) >= 11 is 0. The Kier molecular flexibility index (Phi) is 7.79. The SMILES string of the molecule is CCCC(N)(C(=O)OCC)C(CC)(CC)C(=O)OCC. The van der Waals surface area contributed by atoms with Gasteiger partial charge < -0.3 is 15.2 Å². The van der Waals surface area contributed by atoms with Crippen LogP contribution in [0.1, 0.15) is 60.3 Å². The Balaban J connectivity index is 5.76. The van der Waals surface area contributed by atoms with Crippen molar-refractivity contribution in [2.24, 2.45) is 11.1 Å². The number of hydrogen-bond donors (Lipinski definition) is 1. The average Bonchev–Trinajstić information content (AvgIpc) is 2.41. The molecule has 2 N–H and O–H groups in total. The van der Waals surface area contributed by atoms with Crippen LogP contribution in [-0.2, 0) is 19.1 Å². The molecule has 0 rings (SSSR count). The van der Waals surface area contributed by atoms with Crippen LogP contribution in [0.15, 0.2) is 0 Å². The van der Waals surface area contributed by atoms with E-state index in [1.54, 1.807) is 13.8 Å². The Morgan fingerprint density at radius 2 is 1.35 bits per heavy atom. The zero-order chi connectivity index (χ0) is 15.8. The zero-order valence-electron chi connectivity index (χ0n) is 13.5. The van der Waals surface area contributed by atoms with E-state index in [1.807, 2.05) is 20.8 Å². The predicted octanol–water partition coefficient (Wildman–Crippen LogP) is 2.42. The topological polar surface area (TPSA) is 78.6 Å². The van der Waals surface area contributed by atoms with Gasteiger partial charge in [-0.2, -0.15) is 0 Å². The van der Waals surface area contributed by atoms with E-state index >= 15 is 0 Å². The Morgan fingerprint density at radius 3 is 1.70 bits per heavy atom. The molecule has 0 radical (unpaired) electrons. The zero-order valence-corrected chi connectivity index (χ0v) is 13.5. The Labute approximate surface area is 122 Å². The van der Waals surface area contributed by atoms with Gasteiger partial charge in [0.05, 0.1) is 18.6 Å². The Morgan fingerprint density at radius 1 is 0.900 bits per heavy atom. The maximum atomic E-state index is 12.4. The molecule has 0 fully saturated rings. The molecule has 0 aliphatic carbocycles. The molecule has 0 bridgehead atoms. The molecule has 0 spiro atoms. The van der Waals surface area contributed by atoms with Crippen LogP contribution in [0.4, 0.5) is 0 Å². The van der Waals surface area contributed by atoms with Gasteiger partial charge >= 0.3 is 11.9 Å². The fraction of sp³-hybridized carbons (Fsp3) is 0.867. The van der Waals surface area contributed by atoms with Crippen molar-refractivity contribution in [3.63, 3.8) is 0 Å². The molecule has 118 valence electrons. The third-order valence-electron chi connectivity index (χ3n) is 4.01. The Bertz CT molecular complexity index is 326. The van der Waals surface area contributed by atoms with Gasteiger partial charge in [-0.3, -0.25) is 9.59 Å². The summed E-state index contributed by atoms with van der Waals surface area (Å²) in [7, 11) is 0. The van der Waals surface area contributed by atoms with Crippen molar-refractivity contribution >= 4 is 11.9 Å². The molecule has 0 amide bonds. The summed E-state index contributed by atoms with van der Waals surface area (Å²) in [6, 6.07) is 0. The second kappa shape index (κ2) is 8.25. The van der Waals surface area contributed by atoms with Gasteiger partial charge in [-0.1, -0.05) is 27.2 Å². The third-order valence-corrected chi connectivity index (χ3v) is 4.01. The highest BCUT2D eigenvalue weighted by atomic mass is 16.5. The molecule has 5 heteroatoms. The van der Waals surface area contributed by atoms with Gasteiger partial charge in [0.15, 0.2) is 0 Å². The standard InChI is InChI=1S/C15H29NO4/c1-6-11-15(16,13(18)20-10-5)14(7-2,8-3)12(17)19-9-4/h6-11,16H2,1-5H3. The van der Waals surface area contributed by atoms with Crippen LogP contribution in [-0.4, -0.2) is 30.7 Å². The van der Waals surface area contributed by atoms with Gasteiger partial charge in [-0.25, -0.2) is 0 Å². The first-order valence-corrected chi connectivity index (χ1v) is 7.53. The fourth-order valence-corrected chi connectivity index (χ4v) is 2.81. The molecule has 0 aliphatic heterocycles. The summed E-state index contributed by atoms with van der Waals surface area (Å²) in [5, 5.41) is 0. The van der Waals surface area contributed by atoms with Crippen LogP contribution < -0.4 is 5.73 Å². The van der Waals surface area contributed by atoms with Crippen molar-refractivity contribution in [1.82, 2.24) is 0 Å². The predicted molar refractivity (Wildman–Crippen MR) is 78.1 cm³/mol. The quantitative estimate of drug-likeness (QED) is 0.659. The molecule has 0 aromatic rings. The smallest absolute Gasteiger partial charge is 0.327 e. The molecule has 1 atom stereocenters. The number of carbonyl (C=O) groups excluding carboxylic acids is 2. The largest absolute Gasteiger partial charge is 0.465 e. The van der Waals surface area contributed by atoms with Gasteiger partial charge in [0.2, 0.25) is 0 Å². The van der Waals surface area contributed by atoms with E-state index in [9.17, 15) is 9.59 Å². The lowest BCUT2D eigenvalue weighted by Gasteiger charge is -2.43. The third kappa shape index (κ3) is 3.32. The van der Waals surface area contributed by atoms with Crippen molar-refractivity contribution in [2.75, 3.05) is 13.2 Å². The number of ether oxygens (including phenoxy) is 2. The summed E-state index contributed by atoms with van der Waals surface area (Å²) < 4.78 is 10.3. The van der Waals surface area contributed by atoms with Crippen molar-refractivity contribution in [1.29, 1.82) is 0 Å². The second-order valence-corrected chi connectivity index (χ2v) is 4.95. The number of nitrogens with two attached hydrogens (primary N) is 1. The highest BCUT2D eigenvalue weighted by Crippen LogP contribution is 2.42. The number of hydrogen-bond acceptors (Lipinski definition) is 5. The first-order valence-electron chi connectivity index (χ1n) is 7.53. The first-order chi connectivity index (χ1) is 9.39. The van der Waals surface area contributed by atoms with Crippen LogP contribution in [0.25, 0.3) is 0 Å². The summed E-state index contributed by atoms with van der Waals surface area (Å²) in [5.41, 5.74) is 4.02. The van der Waals surface area contributed by atoms with Gasteiger partial charge in [-0.05, 0) is 33.1 Å². The van der Waals surface area contributed by atoms with E-state index in [-0.39, 0.29) is 13.2 Å². The maximum absolute atomic E-state index is 12.4. The van der Waals surface area contributed by atoms with Crippen molar-refractivity contribution in [2.45, 2.75) is 65.8 Å². The van der Waals surface area contributed by atoms with Crippen molar-refractivity contribution < 1.29 is 19.1 Å². The lowest BCUT2D eigenvalue weighted by atomic mass is 9.64. The molecule has 0 heterocycles. The molecule has 0 aromatic carbocycles. The van der Waals surface area contributed by atoms with Gasteiger partial charge in [0.1, 0.15) is 5.54 Å². The maximum Gasteiger partial charge on any atom is 0.327 e. The molecule has 0 saturated heterocycles. The van der Waals surface area contributed by atoms with E-state index in [0.29, 0.717) is 25.7 Å². The molecular weight excluding hydrogens is 258 g/mol. The highest BCUT2D eigenvalue weighted by molar-refractivity contribution is 5.91. The van der Waals surface area contributed by atoms with E-state index in [2.05, 4.69) is 0 Å². The lowest BCUT2D eigenvalue weighted by Crippen LogP contribution is -2.64. The summed E-state index contributed by atoms with van der Waals surface area (Å²) in [4.78, 5) is 24.8. The van der Waals surface area contributed by atoms with Crippen LogP contribution in [0.2, 0.25) is 0 Å². The summed E-state index contributed by atoms with van der Waals surface area (Å²) in [6.45, 7) is 9.64. The van der Waals surface area contributed by atoms with E-state index in [4.69, 9.17) is 15.2 Å². The molecule has 20 heavy (non-hydrogen) atoms. The average molecular weight is 287 g/mol. The molecule has 0 aromatic heterocycles. The molecule has 1 unspecified atom stereocenters. The van der Waals surface area contributed by atoms with Gasteiger partial charge in [0, 0.05) is 0 Å². The minimum absolute atomic E-state index is 0.244. The van der Waals surface area contributed by atoms with Gasteiger partial charge in [-0.15, -0.1) is 0 Å². The Hall–Kier alpha value is -1.10. The molecular formula is C15H29NO4. The van der Waals surface area contributed by atoms with E-state index in [0.717, 1.165) is 0 Å². The minimum atomic E-state index is -1.34. The van der Waals surface area contributed by atoms with E-state index in [1.165, 1.54) is 0 Å². The van der Waals surface area contributed by atoms with Gasteiger partial charge in [0.25, 0.3) is 0 Å². The molecule has 0 aliphatic rings. The van der Waals surface area contributed by atoms with Crippen LogP contribution >= 0.6 is 0 Å². The van der Waals surface area contributed by atoms with Crippen LogP contribution in [0.5, 0.6) is 0 Å². The highest BCUT2D eigenvalue weighted by Gasteiger charge is 2.57.